The Morgan fingerprint density at radius 1 is 1.28 bits per heavy atom. The molecule has 1 atom stereocenters. The zero-order valence-corrected chi connectivity index (χ0v) is 15.2. The highest BCUT2D eigenvalue weighted by Gasteiger charge is 2.21. The monoisotopic (exact) mass is 358 g/mol. The van der Waals surface area contributed by atoms with Gasteiger partial charge in [-0.25, -0.2) is 0 Å². The van der Waals surface area contributed by atoms with E-state index in [0.29, 0.717) is 16.7 Å². The van der Waals surface area contributed by atoms with E-state index < -0.39 is 5.25 Å². The number of nitrogens with one attached hydrogen (secondary N) is 1. The van der Waals surface area contributed by atoms with Crippen LogP contribution in [0.25, 0.3) is 5.69 Å². The maximum absolute atomic E-state index is 12.3. The Labute approximate surface area is 149 Å². The summed E-state index contributed by atoms with van der Waals surface area (Å²) in [6, 6.07) is 7.65. The zero-order valence-electron chi connectivity index (χ0n) is 14.3. The first-order valence-electron chi connectivity index (χ1n) is 7.71. The number of nitrogens with zero attached hydrogens (tertiary/aromatic N) is 5. The molecule has 9 heteroatoms. The van der Waals surface area contributed by atoms with Crippen molar-refractivity contribution in [2.75, 3.05) is 5.32 Å². The van der Waals surface area contributed by atoms with Crippen molar-refractivity contribution in [2.45, 2.75) is 38.1 Å². The fourth-order valence-corrected chi connectivity index (χ4v) is 3.18. The number of tetrazole rings is 1. The summed E-state index contributed by atoms with van der Waals surface area (Å²) in [7, 11) is 0. The molecule has 25 heavy (non-hydrogen) atoms. The van der Waals surface area contributed by atoms with Gasteiger partial charge in [0.2, 0.25) is 16.9 Å². The standard InChI is InChI=1S/C16H18N6O2S/c1-9-6-5-7-10(2)14(9)22-16(18-20-21-22)25-12(4)15(23)17-13-8-11(3)19-24-13/h5-8,12H,1-4H3,(H,17,23)/t12-/m0/s1. The van der Waals surface area contributed by atoms with Gasteiger partial charge in [-0.1, -0.05) is 35.1 Å². The number of benzene rings is 1. The van der Waals surface area contributed by atoms with Gasteiger partial charge in [0.25, 0.3) is 0 Å². The molecule has 0 aliphatic heterocycles. The van der Waals surface area contributed by atoms with E-state index in [4.69, 9.17) is 4.52 Å². The topological polar surface area (TPSA) is 98.7 Å². The molecule has 0 aliphatic rings. The van der Waals surface area contributed by atoms with Gasteiger partial charge in [0.05, 0.1) is 16.6 Å². The first-order chi connectivity index (χ1) is 12.0. The average Bonchev–Trinajstić information content (AvgIpc) is 3.16. The molecule has 1 N–H and O–H groups in total. The number of thioether (sulfide) groups is 1. The summed E-state index contributed by atoms with van der Waals surface area (Å²) >= 11 is 1.28. The lowest BCUT2D eigenvalue weighted by molar-refractivity contribution is -0.115. The molecule has 0 saturated heterocycles. The van der Waals surface area contributed by atoms with Gasteiger partial charge in [0.1, 0.15) is 0 Å². The maximum atomic E-state index is 12.3. The van der Waals surface area contributed by atoms with E-state index in [1.54, 1.807) is 24.6 Å². The lowest BCUT2D eigenvalue weighted by atomic mass is 10.1. The summed E-state index contributed by atoms with van der Waals surface area (Å²) in [5.41, 5.74) is 3.75. The van der Waals surface area contributed by atoms with Gasteiger partial charge in [0, 0.05) is 6.07 Å². The smallest absolute Gasteiger partial charge is 0.240 e. The van der Waals surface area contributed by atoms with Gasteiger partial charge in [-0.3, -0.25) is 10.1 Å². The number of aromatic nitrogens is 5. The number of amides is 1. The van der Waals surface area contributed by atoms with E-state index >= 15 is 0 Å². The molecular formula is C16H18N6O2S. The predicted octanol–water partition coefficient (Wildman–Crippen LogP) is 2.69. The zero-order chi connectivity index (χ0) is 18.0. The van der Waals surface area contributed by atoms with Crippen LogP contribution in [0.5, 0.6) is 0 Å². The van der Waals surface area contributed by atoms with Crippen molar-refractivity contribution in [3.63, 3.8) is 0 Å². The van der Waals surface area contributed by atoms with Crippen LogP contribution >= 0.6 is 11.8 Å². The molecule has 130 valence electrons. The van der Waals surface area contributed by atoms with Crippen molar-refractivity contribution in [2.24, 2.45) is 0 Å². The Bertz CT molecular complexity index is 883. The molecule has 0 saturated carbocycles. The number of hydrogen-bond acceptors (Lipinski definition) is 7. The van der Waals surface area contributed by atoms with Crippen molar-refractivity contribution in [3.8, 4) is 5.69 Å². The summed E-state index contributed by atoms with van der Waals surface area (Å²) in [4.78, 5) is 12.3. The third kappa shape index (κ3) is 3.71. The van der Waals surface area contributed by atoms with Crippen LogP contribution in [0.15, 0.2) is 33.9 Å². The van der Waals surface area contributed by atoms with Crippen LogP contribution in [0.3, 0.4) is 0 Å². The first kappa shape index (κ1) is 17.2. The lowest BCUT2D eigenvalue weighted by Gasteiger charge is -2.13. The molecule has 0 unspecified atom stereocenters. The van der Waals surface area contributed by atoms with Gasteiger partial charge in [-0.15, -0.1) is 5.10 Å². The van der Waals surface area contributed by atoms with Gasteiger partial charge in [-0.05, 0) is 49.2 Å². The molecule has 0 bridgehead atoms. The molecule has 0 fully saturated rings. The minimum Gasteiger partial charge on any atom is -0.338 e. The fourth-order valence-electron chi connectivity index (χ4n) is 2.39. The SMILES string of the molecule is Cc1cc(NC(=O)[C@H](C)Sc2nnnn2-c2c(C)cccc2C)on1. The normalized spacial score (nSPS) is 12.2. The second kappa shape index (κ2) is 7.06. The van der Waals surface area contributed by atoms with Crippen LogP contribution < -0.4 is 5.32 Å². The molecule has 1 aromatic carbocycles. The Morgan fingerprint density at radius 3 is 2.64 bits per heavy atom. The number of carbonyl (C=O) groups excluding carboxylic acids is 1. The number of rotatable bonds is 5. The van der Waals surface area contributed by atoms with Crippen molar-refractivity contribution in [1.82, 2.24) is 25.4 Å². The van der Waals surface area contributed by atoms with Crippen LogP contribution in [0.2, 0.25) is 0 Å². The molecule has 2 heterocycles. The largest absolute Gasteiger partial charge is 0.338 e. The Kier molecular flexibility index (Phi) is 4.84. The van der Waals surface area contributed by atoms with Crippen LogP contribution in [-0.2, 0) is 4.79 Å². The highest BCUT2D eigenvalue weighted by atomic mass is 32.2. The molecule has 0 spiro atoms. The van der Waals surface area contributed by atoms with E-state index in [0.717, 1.165) is 16.8 Å². The van der Waals surface area contributed by atoms with Crippen molar-refractivity contribution >= 4 is 23.6 Å². The van der Waals surface area contributed by atoms with Crippen LogP contribution in [0.1, 0.15) is 23.7 Å². The van der Waals surface area contributed by atoms with E-state index in [-0.39, 0.29) is 5.91 Å². The maximum Gasteiger partial charge on any atom is 0.240 e. The molecule has 1 amide bonds. The van der Waals surface area contributed by atoms with Gasteiger partial charge in [-0.2, -0.15) is 4.68 Å². The molecule has 3 aromatic rings. The van der Waals surface area contributed by atoms with Crippen molar-refractivity contribution in [1.29, 1.82) is 0 Å². The molecule has 0 aliphatic carbocycles. The average molecular weight is 358 g/mol. The lowest BCUT2D eigenvalue weighted by Crippen LogP contribution is -2.22. The highest BCUT2D eigenvalue weighted by molar-refractivity contribution is 8.00. The van der Waals surface area contributed by atoms with Gasteiger partial charge in [0.15, 0.2) is 0 Å². The second-order valence-corrected chi connectivity index (χ2v) is 7.00. The Hall–Kier alpha value is -2.68. The van der Waals surface area contributed by atoms with E-state index in [1.807, 2.05) is 32.0 Å². The third-order valence-corrected chi connectivity index (χ3v) is 4.65. The molecule has 3 rings (SSSR count). The predicted molar refractivity (Wildman–Crippen MR) is 93.8 cm³/mol. The van der Waals surface area contributed by atoms with Crippen LogP contribution in [0.4, 0.5) is 5.88 Å². The van der Waals surface area contributed by atoms with Crippen molar-refractivity contribution in [3.05, 3.63) is 41.1 Å². The molecule has 0 radical (unpaired) electrons. The third-order valence-electron chi connectivity index (χ3n) is 3.62. The number of carbonyl (C=O) groups is 1. The van der Waals surface area contributed by atoms with E-state index in [2.05, 4.69) is 26.0 Å². The minimum atomic E-state index is -0.417. The second-order valence-electron chi connectivity index (χ2n) is 5.70. The quantitative estimate of drug-likeness (QED) is 0.700. The Balaban J connectivity index is 1.78. The van der Waals surface area contributed by atoms with E-state index in [9.17, 15) is 4.79 Å². The van der Waals surface area contributed by atoms with Gasteiger partial charge >= 0.3 is 0 Å². The van der Waals surface area contributed by atoms with Crippen LogP contribution in [-0.4, -0.2) is 36.5 Å². The van der Waals surface area contributed by atoms with Crippen LogP contribution in [0, 0.1) is 20.8 Å². The van der Waals surface area contributed by atoms with Crippen molar-refractivity contribution < 1.29 is 9.32 Å². The summed E-state index contributed by atoms with van der Waals surface area (Å²) < 4.78 is 6.67. The van der Waals surface area contributed by atoms with Gasteiger partial charge < -0.3 is 4.52 Å². The first-order valence-corrected chi connectivity index (χ1v) is 8.59. The van der Waals surface area contributed by atoms with E-state index in [1.165, 1.54) is 11.8 Å². The summed E-state index contributed by atoms with van der Waals surface area (Å²) in [5.74, 6) is 0.112. The molecule has 2 aromatic heterocycles. The molecule has 8 nitrogen and oxygen atoms in total. The Morgan fingerprint density at radius 2 is 2.00 bits per heavy atom. The number of hydrogen-bond donors (Lipinski definition) is 1. The highest BCUT2D eigenvalue weighted by Crippen LogP contribution is 2.26. The number of para-hydroxylation sites is 1. The summed E-state index contributed by atoms with van der Waals surface area (Å²) in [6.45, 7) is 7.57. The fraction of sp³-hybridized carbons (Fsp3) is 0.312. The summed E-state index contributed by atoms with van der Waals surface area (Å²) in [5, 5.41) is 18.5. The number of anilines is 1. The molecular weight excluding hydrogens is 340 g/mol. The minimum absolute atomic E-state index is 0.211. The summed E-state index contributed by atoms with van der Waals surface area (Å²) in [6.07, 6.45) is 0. The number of aryl methyl sites for hydroxylation is 3.